The van der Waals surface area contributed by atoms with E-state index in [9.17, 15) is 14.4 Å². The van der Waals surface area contributed by atoms with Crippen molar-refractivity contribution >= 4 is 34.1 Å². The van der Waals surface area contributed by atoms with E-state index in [0.29, 0.717) is 48.1 Å². The van der Waals surface area contributed by atoms with Crippen LogP contribution in [-0.4, -0.2) is 66.9 Å². The van der Waals surface area contributed by atoms with Crippen LogP contribution in [0.15, 0.2) is 28.2 Å². The summed E-state index contributed by atoms with van der Waals surface area (Å²) in [5.41, 5.74) is 0.898. The summed E-state index contributed by atoms with van der Waals surface area (Å²) in [5.74, 6) is -0.123. The summed E-state index contributed by atoms with van der Waals surface area (Å²) in [7, 11) is 0. The van der Waals surface area contributed by atoms with E-state index in [2.05, 4.69) is 5.32 Å². The molecule has 1 aliphatic rings. The molecule has 150 valence electrons. The van der Waals surface area contributed by atoms with Gasteiger partial charge in [-0.25, -0.2) is 4.79 Å². The smallest absolute Gasteiger partial charge is 0.341 e. The lowest BCUT2D eigenvalue weighted by atomic mass is 10.1. The number of hydrogen-bond acceptors (Lipinski definition) is 7. The zero-order chi connectivity index (χ0) is 20.1. The van der Waals surface area contributed by atoms with Gasteiger partial charge in [0.1, 0.15) is 16.3 Å². The zero-order valence-corrected chi connectivity index (χ0v) is 16.7. The van der Waals surface area contributed by atoms with Gasteiger partial charge in [0.05, 0.1) is 19.4 Å². The summed E-state index contributed by atoms with van der Waals surface area (Å²) >= 11 is 1.26. The van der Waals surface area contributed by atoms with E-state index in [1.165, 1.54) is 17.6 Å². The van der Waals surface area contributed by atoms with E-state index in [1.54, 1.807) is 36.3 Å². The number of amides is 2. The lowest BCUT2D eigenvalue weighted by Gasteiger charge is -2.33. The minimum absolute atomic E-state index is 0.0484. The molecule has 0 bridgehead atoms. The molecule has 1 aliphatic heterocycles. The van der Waals surface area contributed by atoms with Crippen molar-refractivity contribution in [3.8, 4) is 11.3 Å². The van der Waals surface area contributed by atoms with Crippen LogP contribution in [0.25, 0.3) is 11.3 Å². The van der Waals surface area contributed by atoms with Gasteiger partial charge in [-0.1, -0.05) is 0 Å². The molecule has 2 aromatic heterocycles. The van der Waals surface area contributed by atoms with Gasteiger partial charge in [-0.05, 0) is 19.1 Å². The number of rotatable bonds is 6. The standard InChI is InChI=1S/C19H23N3O5S/c1-3-26-19(25)17-14(15-5-4-10-27-15)12-28-18(17)20-16(24)11-21-6-8-22(9-7-21)13(2)23/h4-5,10,12H,3,6-9,11H2,1-2H3,(H,20,24). The van der Waals surface area contributed by atoms with Crippen LogP contribution in [0.2, 0.25) is 0 Å². The second-order valence-electron chi connectivity index (χ2n) is 6.38. The number of piperazine rings is 1. The fraction of sp³-hybridized carbons (Fsp3) is 0.421. The van der Waals surface area contributed by atoms with E-state index in [1.807, 2.05) is 4.90 Å². The first-order valence-corrected chi connectivity index (χ1v) is 9.97. The Morgan fingerprint density at radius 3 is 2.61 bits per heavy atom. The van der Waals surface area contributed by atoms with Crippen LogP contribution in [0.3, 0.4) is 0 Å². The van der Waals surface area contributed by atoms with Gasteiger partial charge < -0.3 is 19.4 Å². The molecule has 2 aromatic rings. The molecule has 2 amide bonds. The Bertz CT molecular complexity index is 838. The summed E-state index contributed by atoms with van der Waals surface area (Å²) < 4.78 is 10.6. The molecule has 0 aromatic carbocycles. The monoisotopic (exact) mass is 405 g/mol. The quantitative estimate of drug-likeness (QED) is 0.742. The Morgan fingerprint density at radius 2 is 2.00 bits per heavy atom. The highest BCUT2D eigenvalue weighted by Gasteiger charge is 2.25. The van der Waals surface area contributed by atoms with Crippen molar-refractivity contribution in [3.63, 3.8) is 0 Å². The highest BCUT2D eigenvalue weighted by molar-refractivity contribution is 7.15. The largest absolute Gasteiger partial charge is 0.464 e. The molecule has 28 heavy (non-hydrogen) atoms. The molecular weight excluding hydrogens is 382 g/mol. The maximum atomic E-state index is 12.5. The SMILES string of the molecule is CCOC(=O)c1c(-c2ccco2)csc1NC(=O)CN1CCN(C(C)=O)CC1. The Balaban J connectivity index is 1.69. The number of carbonyl (C=O) groups excluding carboxylic acids is 3. The molecule has 1 saturated heterocycles. The number of furan rings is 1. The van der Waals surface area contributed by atoms with Crippen molar-refractivity contribution in [2.45, 2.75) is 13.8 Å². The maximum Gasteiger partial charge on any atom is 0.341 e. The molecule has 8 nitrogen and oxygen atoms in total. The first-order chi connectivity index (χ1) is 13.5. The lowest BCUT2D eigenvalue weighted by molar-refractivity contribution is -0.130. The van der Waals surface area contributed by atoms with Crippen LogP contribution in [-0.2, 0) is 14.3 Å². The van der Waals surface area contributed by atoms with E-state index in [4.69, 9.17) is 9.15 Å². The van der Waals surface area contributed by atoms with Crippen LogP contribution >= 0.6 is 11.3 Å². The third-order valence-corrected chi connectivity index (χ3v) is 5.39. The van der Waals surface area contributed by atoms with Crippen LogP contribution in [0.5, 0.6) is 0 Å². The molecule has 0 atom stereocenters. The number of nitrogens with zero attached hydrogens (tertiary/aromatic N) is 2. The Labute approximate surface area is 167 Å². The van der Waals surface area contributed by atoms with E-state index < -0.39 is 5.97 Å². The molecule has 0 saturated carbocycles. The van der Waals surface area contributed by atoms with Crippen LogP contribution in [0.4, 0.5) is 5.00 Å². The van der Waals surface area contributed by atoms with Gasteiger partial charge in [0.15, 0.2) is 0 Å². The van der Waals surface area contributed by atoms with Gasteiger partial charge >= 0.3 is 5.97 Å². The number of carbonyl (C=O) groups is 3. The molecule has 1 N–H and O–H groups in total. The van der Waals surface area contributed by atoms with Crippen molar-refractivity contribution in [1.82, 2.24) is 9.80 Å². The van der Waals surface area contributed by atoms with Crippen molar-refractivity contribution in [2.75, 3.05) is 44.6 Å². The summed E-state index contributed by atoms with van der Waals surface area (Å²) in [6, 6.07) is 3.49. The van der Waals surface area contributed by atoms with Crippen LogP contribution in [0.1, 0.15) is 24.2 Å². The van der Waals surface area contributed by atoms with Crippen molar-refractivity contribution < 1.29 is 23.5 Å². The number of hydrogen-bond donors (Lipinski definition) is 1. The van der Waals surface area contributed by atoms with Gasteiger partial charge in [-0.3, -0.25) is 14.5 Å². The average Bonchev–Trinajstić information content (AvgIpc) is 3.31. The lowest BCUT2D eigenvalue weighted by Crippen LogP contribution is -2.49. The van der Waals surface area contributed by atoms with E-state index in [0.717, 1.165) is 0 Å². The second kappa shape index (κ2) is 9.03. The molecule has 0 aliphatic carbocycles. The van der Waals surface area contributed by atoms with Gasteiger partial charge in [0.25, 0.3) is 0 Å². The van der Waals surface area contributed by atoms with Crippen molar-refractivity contribution in [2.24, 2.45) is 0 Å². The highest BCUT2D eigenvalue weighted by atomic mass is 32.1. The van der Waals surface area contributed by atoms with Crippen LogP contribution < -0.4 is 5.32 Å². The minimum atomic E-state index is -0.500. The van der Waals surface area contributed by atoms with Gasteiger partial charge in [-0.15, -0.1) is 11.3 Å². The molecule has 0 spiro atoms. The van der Waals surface area contributed by atoms with Gasteiger partial charge in [0.2, 0.25) is 11.8 Å². The number of nitrogens with one attached hydrogen (secondary N) is 1. The predicted octanol–water partition coefficient (Wildman–Crippen LogP) is 2.29. The zero-order valence-electron chi connectivity index (χ0n) is 15.9. The number of ether oxygens (including phenoxy) is 1. The summed E-state index contributed by atoms with van der Waals surface area (Å²) in [6.07, 6.45) is 1.53. The second-order valence-corrected chi connectivity index (χ2v) is 7.26. The molecular formula is C19H23N3O5S. The first kappa shape index (κ1) is 20.1. The molecule has 3 heterocycles. The predicted molar refractivity (Wildman–Crippen MR) is 105 cm³/mol. The number of thiophene rings is 1. The fourth-order valence-electron chi connectivity index (χ4n) is 3.06. The van der Waals surface area contributed by atoms with Gasteiger partial charge in [0, 0.05) is 44.0 Å². The molecule has 3 rings (SSSR count). The summed E-state index contributed by atoms with van der Waals surface area (Å²) in [6.45, 7) is 6.21. The molecule has 0 radical (unpaired) electrons. The third-order valence-electron chi connectivity index (χ3n) is 4.49. The maximum absolute atomic E-state index is 12.5. The Kier molecular flexibility index (Phi) is 6.48. The summed E-state index contributed by atoms with van der Waals surface area (Å²) in [4.78, 5) is 40.1. The van der Waals surface area contributed by atoms with E-state index >= 15 is 0 Å². The number of anilines is 1. The minimum Gasteiger partial charge on any atom is -0.464 e. The van der Waals surface area contributed by atoms with Crippen molar-refractivity contribution in [1.29, 1.82) is 0 Å². The van der Waals surface area contributed by atoms with Gasteiger partial charge in [-0.2, -0.15) is 0 Å². The molecule has 9 heteroatoms. The Morgan fingerprint density at radius 1 is 1.25 bits per heavy atom. The highest BCUT2D eigenvalue weighted by Crippen LogP contribution is 2.36. The topological polar surface area (TPSA) is 92.1 Å². The van der Waals surface area contributed by atoms with E-state index in [-0.39, 0.29) is 25.0 Å². The van der Waals surface area contributed by atoms with Crippen molar-refractivity contribution in [3.05, 3.63) is 29.3 Å². The molecule has 0 unspecified atom stereocenters. The third kappa shape index (κ3) is 4.60. The number of esters is 1. The fourth-order valence-corrected chi connectivity index (χ4v) is 4.01. The Hall–Kier alpha value is -2.65. The summed E-state index contributed by atoms with van der Waals surface area (Å²) in [5, 5.41) is 5.04. The average molecular weight is 405 g/mol. The molecule has 1 fully saturated rings. The van der Waals surface area contributed by atoms with Crippen LogP contribution in [0, 0.1) is 0 Å². The normalized spacial score (nSPS) is 14.7. The first-order valence-electron chi connectivity index (χ1n) is 9.09.